The van der Waals surface area contributed by atoms with Gasteiger partial charge in [-0.2, -0.15) is 0 Å². The number of rotatable bonds is 8. The Kier molecular flexibility index (Phi) is 7.00. The van der Waals surface area contributed by atoms with Gasteiger partial charge in [0.15, 0.2) is 0 Å². The second kappa shape index (κ2) is 8.25. The predicted molar refractivity (Wildman–Crippen MR) is 88.6 cm³/mol. The summed E-state index contributed by atoms with van der Waals surface area (Å²) in [5, 5.41) is 9.44. The van der Waals surface area contributed by atoms with Crippen molar-refractivity contribution in [1.82, 2.24) is 0 Å². The van der Waals surface area contributed by atoms with Gasteiger partial charge in [-0.15, -0.1) is 0 Å². The molecule has 1 rings (SSSR count). The van der Waals surface area contributed by atoms with Crippen LogP contribution in [0.2, 0.25) is 11.1 Å². The lowest BCUT2D eigenvalue weighted by Crippen LogP contribution is -2.07. The first kappa shape index (κ1) is 17.0. The molecule has 0 bridgehead atoms. The second-order valence-corrected chi connectivity index (χ2v) is 10.2. The van der Waals surface area contributed by atoms with Crippen molar-refractivity contribution in [2.45, 2.75) is 64.0 Å². The van der Waals surface area contributed by atoms with Crippen LogP contribution in [-0.4, -0.2) is 20.6 Å². The molecule has 0 aliphatic heterocycles. The molecule has 0 fully saturated rings. The number of aryl methyl sites for hydroxylation is 1. The molecule has 0 saturated carbocycles. The molecule has 20 heavy (non-hydrogen) atoms. The molecule has 0 unspecified atom stereocenters. The number of carboxylic acids is 1. The fourth-order valence-corrected chi connectivity index (χ4v) is 3.99. The fourth-order valence-electron chi connectivity index (χ4n) is 2.33. The molecule has 0 saturated heterocycles. The summed E-state index contributed by atoms with van der Waals surface area (Å²) in [4.78, 5) is 10.7. The smallest absolute Gasteiger partial charge is 0.335 e. The first-order chi connectivity index (χ1) is 9.38. The second-order valence-electron chi connectivity index (χ2n) is 6.83. The molecule has 1 N–H and O–H groups in total. The SMILES string of the molecule is CC(C)(C)[SiH2]CCCCCCc1ccc(C(=O)O)cc1. The van der Waals surface area contributed by atoms with Gasteiger partial charge in [-0.05, 0) is 35.6 Å². The minimum Gasteiger partial charge on any atom is -0.478 e. The molecule has 112 valence electrons. The molecule has 0 atom stereocenters. The molecule has 0 spiro atoms. The lowest BCUT2D eigenvalue weighted by Gasteiger charge is -2.16. The van der Waals surface area contributed by atoms with Gasteiger partial charge < -0.3 is 5.11 Å². The third-order valence-electron chi connectivity index (χ3n) is 3.59. The molecule has 0 aliphatic carbocycles. The quantitative estimate of drug-likeness (QED) is 0.573. The minimum absolute atomic E-state index is 0.0967. The highest BCUT2D eigenvalue weighted by Gasteiger charge is 2.09. The third-order valence-corrected chi connectivity index (χ3v) is 5.95. The summed E-state index contributed by atoms with van der Waals surface area (Å²) in [6.45, 7) is 7.08. The van der Waals surface area contributed by atoms with Gasteiger partial charge in [-0.3, -0.25) is 0 Å². The van der Waals surface area contributed by atoms with Crippen molar-refractivity contribution in [3.8, 4) is 0 Å². The number of hydrogen-bond acceptors (Lipinski definition) is 1. The van der Waals surface area contributed by atoms with Crippen molar-refractivity contribution in [1.29, 1.82) is 0 Å². The van der Waals surface area contributed by atoms with E-state index in [4.69, 9.17) is 5.11 Å². The minimum atomic E-state index is -0.848. The van der Waals surface area contributed by atoms with E-state index < -0.39 is 5.97 Å². The van der Waals surface area contributed by atoms with Crippen LogP contribution in [-0.2, 0) is 6.42 Å². The van der Waals surface area contributed by atoms with Gasteiger partial charge >= 0.3 is 5.97 Å². The highest BCUT2D eigenvalue weighted by atomic mass is 28.2. The molecule has 0 aliphatic rings. The number of unbranched alkanes of at least 4 members (excludes halogenated alkanes) is 3. The van der Waals surface area contributed by atoms with Crippen LogP contribution >= 0.6 is 0 Å². The number of hydrogen-bond donors (Lipinski definition) is 1. The van der Waals surface area contributed by atoms with E-state index in [1.165, 1.54) is 37.3 Å². The van der Waals surface area contributed by atoms with Crippen LogP contribution in [0, 0.1) is 0 Å². The average molecular weight is 292 g/mol. The highest BCUT2D eigenvalue weighted by molar-refractivity contribution is 6.39. The Labute approximate surface area is 125 Å². The first-order valence-electron chi connectivity index (χ1n) is 7.71. The Hall–Kier alpha value is -1.09. The maximum absolute atomic E-state index is 10.7. The van der Waals surface area contributed by atoms with Crippen LogP contribution in [0.3, 0.4) is 0 Å². The standard InChI is InChI=1S/C17H28O2Si/c1-17(2,3)20-13-7-5-4-6-8-14-9-11-15(12-10-14)16(18)19/h9-12H,4-8,13,20H2,1-3H3,(H,18,19). The van der Waals surface area contributed by atoms with E-state index in [1.807, 2.05) is 12.1 Å². The van der Waals surface area contributed by atoms with Gasteiger partial charge in [0.05, 0.1) is 5.56 Å². The van der Waals surface area contributed by atoms with Crippen LogP contribution in [0.15, 0.2) is 24.3 Å². The molecule has 0 radical (unpaired) electrons. The molecule has 0 amide bonds. The average Bonchev–Trinajstić information content (AvgIpc) is 2.37. The van der Waals surface area contributed by atoms with Gasteiger partial charge in [0.2, 0.25) is 0 Å². The molecule has 0 aromatic heterocycles. The molecule has 3 heteroatoms. The summed E-state index contributed by atoms with van der Waals surface area (Å²) >= 11 is 0. The van der Waals surface area contributed by atoms with Crippen molar-refractivity contribution in [2.24, 2.45) is 0 Å². The van der Waals surface area contributed by atoms with Crippen LogP contribution in [0.4, 0.5) is 0 Å². The summed E-state index contributed by atoms with van der Waals surface area (Å²) in [6.07, 6.45) is 6.30. The Balaban J connectivity index is 2.11. The van der Waals surface area contributed by atoms with Gasteiger partial charge in [-0.1, -0.05) is 58.2 Å². The zero-order valence-electron chi connectivity index (χ0n) is 13.1. The topological polar surface area (TPSA) is 37.3 Å². The molecule has 0 heterocycles. The summed E-state index contributed by atoms with van der Waals surface area (Å²) in [7, 11) is 0.0967. The third kappa shape index (κ3) is 7.48. The number of benzene rings is 1. The van der Waals surface area contributed by atoms with E-state index in [0.29, 0.717) is 10.6 Å². The molecule has 2 nitrogen and oxygen atoms in total. The van der Waals surface area contributed by atoms with Crippen molar-refractivity contribution in [2.75, 3.05) is 0 Å². The van der Waals surface area contributed by atoms with Gasteiger partial charge in [0.1, 0.15) is 0 Å². The summed E-state index contributed by atoms with van der Waals surface area (Å²) in [5.41, 5.74) is 1.62. The number of aromatic carboxylic acids is 1. The highest BCUT2D eigenvalue weighted by Crippen LogP contribution is 2.22. The number of carbonyl (C=O) groups is 1. The Morgan fingerprint density at radius 1 is 1.05 bits per heavy atom. The Morgan fingerprint density at radius 3 is 2.20 bits per heavy atom. The lowest BCUT2D eigenvalue weighted by atomic mass is 10.0. The van der Waals surface area contributed by atoms with Crippen LogP contribution in [0.5, 0.6) is 0 Å². The van der Waals surface area contributed by atoms with Crippen LogP contribution in [0.25, 0.3) is 0 Å². The van der Waals surface area contributed by atoms with E-state index in [0.717, 1.165) is 6.42 Å². The zero-order chi connectivity index (χ0) is 15.0. The van der Waals surface area contributed by atoms with E-state index >= 15 is 0 Å². The summed E-state index contributed by atoms with van der Waals surface area (Å²) < 4.78 is 0. The van der Waals surface area contributed by atoms with Crippen molar-refractivity contribution >= 4 is 15.5 Å². The van der Waals surface area contributed by atoms with Crippen molar-refractivity contribution in [3.05, 3.63) is 35.4 Å². The van der Waals surface area contributed by atoms with Crippen LogP contribution < -0.4 is 0 Å². The maximum Gasteiger partial charge on any atom is 0.335 e. The Bertz CT molecular complexity index is 404. The zero-order valence-corrected chi connectivity index (χ0v) is 14.5. The fraction of sp³-hybridized carbons (Fsp3) is 0.588. The molecular formula is C17H28O2Si. The van der Waals surface area contributed by atoms with E-state index in [2.05, 4.69) is 20.8 Å². The maximum atomic E-state index is 10.7. The van der Waals surface area contributed by atoms with E-state index in [9.17, 15) is 4.79 Å². The van der Waals surface area contributed by atoms with Gasteiger partial charge in [-0.25, -0.2) is 4.79 Å². The van der Waals surface area contributed by atoms with Crippen LogP contribution in [0.1, 0.15) is 62.4 Å². The predicted octanol–water partition coefficient (Wildman–Crippen LogP) is 4.29. The molecule has 1 aromatic rings. The summed E-state index contributed by atoms with van der Waals surface area (Å²) in [6, 6.07) is 8.75. The molecule has 1 aromatic carbocycles. The van der Waals surface area contributed by atoms with E-state index in [-0.39, 0.29) is 9.52 Å². The van der Waals surface area contributed by atoms with Crippen molar-refractivity contribution in [3.63, 3.8) is 0 Å². The van der Waals surface area contributed by atoms with Crippen molar-refractivity contribution < 1.29 is 9.90 Å². The largest absolute Gasteiger partial charge is 0.478 e. The monoisotopic (exact) mass is 292 g/mol. The summed E-state index contributed by atoms with van der Waals surface area (Å²) in [5.74, 6) is -0.848. The van der Waals surface area contributed by atoms with Gasteiger partial charge in [0, 0.05) is 9.52 Å². The van der Waals surface area contributed by atoms with E-state index in [1.54, 1.807) is 12.1 Å². The normalized spacial score (nSPS) is 12.2. The van der Waals surface area contributed by atoms with Gasteiger partial charge in [0.25, 0.3) is 0 Å². The number of carboxylic acid groups (broad SMARTS) is 1. The Morgan fingerprint density at radius 2 is 1.65 bits per heavy atom. The first-order valence-corrected chi connectivity index (χ1v) is 9.41. The molecular weight excluding hydrogens is 264 g/mol. The lowest BCUT2D eigenvalue weighted by molar-refractivity contribution is 0.0697.